The molecule has 0 aliphatic heterocycles. The summed E-state index contributed by atoms with van der Waals surface area (Å²) in [7, 11) is 0. The van der Waals surface area contributed by atoms with Crippen molar-refractivity contribution in [1.82, 2.24) is 15.0 Å². The number of nitrogens with one attached hydrogen (secondary N) is 2. The number of hydrogen-bond acceptors (Lipinski definition) is 3. The van der Waals surface area contributed by atoms with E-state index in [1.54, 1.807) is 18.3 Å². The number of carboxylic acid groups (broad SMARTS) is 1. The summed E-state index contributed by atoms with van der Waals surface area (Å²) in [5.74, 6) is -0.407. The lowest BCUT2D eigenvalue weighted by molar-refractivity contribution is 0.0697. The highest BCUT2D eigenvalue weighted by molar-refractivity contribution is 5.92. The molecule has 0 saturated carbocycles. The number of imidazole rings is 1. The standard InChI is InChI=1S/C13H9N3O3/c17-11-4-2-8(6-14-11)12-15-9-3-1-7(13(18)19)5-10(9)16-12/h1-6H,(H,14,17)(H,15,16)(H,18,19). The maximum atomic E-state index is 11.0. The smallest absolute Gasteiger partial charge is 0.335 e. The van der Waals surface area contributed by atoms with Crippen LogP contribution in [0.3, 0.4) is 0 Å². The molecule has 3 aromatic rings. The van der Waals surface area contributed by atoms with Gasteiger partial charge in [-0.3, -0.25) is 4.79 Å². The number of aromatic amines is 2. The number of benzene rings is 1. The Morgan fingerprint density at radius 3 is 2.74 bits per heavy atom. The molecule has 0 atom stereocenters. The summed E-state index contributed by atoms with van der Waals surface area (Å²) in [6.07, 6.45) is 1.55. The van der Waals surface area contributed by atoms with Gasteiger partial charge in [0, 0.05) is 17.8 Å². The molecule has 0 radical (unpaired) electrons. The summed E-state index contributed by atoms with van der Waals surface area (Å²) < 4.78 is 0. The molecule has 94 valence electrons. The minimum atomic E-state index is -0.984. The topological polar surface area (TPSA) is 98.8 Å². The fraction of sp³-hybridized carbons (Fsp3) is 0. The lowest BCUT2D eigenvalue weighted by atomic mass is 10.2. The Balaban J connectivity index is 2.13. The first-order valence-corrected chi connectivity index (χ1v) is 5.56. The Kier molecular flexibility index (Phi) is 2.42. The van der Waals surface area contributed by atoms with Crippen molar-refractivity contribution in [3.05, 3.63) is 52.4 Å². The number of aromatic nitrogens is 3. The van der Waals surface area contributed by atoms with Gasteiger partial charge in [-0.05, 0) is 24.3 Å². The van der Waals surface area contributed by atoms with Crippen molar-refractivity contribution < 1.29 is 9.90 Å². The highest BCUT2D eigenvalue weighted by Gasteiger charge is 2.08. The number of carboxylic acids is 1. The van der Waals surface area contributed by atoms with E-state index in [9.17, 15) is 9.59 Å². The molecular weight excluding hydrogens is 246 g/mol. The van der Waals surface area contributed by atoms with Gasteiger partial charge >= 0.3 is 5.97 Å². The molecule has 6 nitrogen and oxygen atoms in total. The predicted octanol–water partition coefficient (Wildman–Crippen LogP) is 1.62. The second-order valence-corrected chi connectivity index (χ2v) is 4.06. The average Bonchev–Trinajstić information content (AvgIpc) is 2.82. The molecule has 1 aromatic carbocycles. The maximum Gasteiger partial charge on any atom is 0.335 e. The summed E-state index contributed by atoms with van der Waals surface area (Å²) >= 11 is 0. The van der Waals surface area contributed by atoms with Crippen LogP contribution in [0.2, 0.25) is 0 Å². The number of aromatic carboxylic acids is 1. The molecule has 6 heteroatoms. The molecular formula is C13H9N3O3. The minimum Gasteiger partial charge on any atom is -0.478 e. The van der Waals surface area contributed by atoms with Gasteiger partial charge in [0.15, 0.2) is 0 Å². The monoisotopic (exact) mass is 255 g/mol. The van der Waals surface area contributed by atoms with Gasteiger partial charge in [-0.15, -0.1) is 0 Å². The summed E-state index contributed by atoms with van der Waals surface area (Å²) in [6, 6.07) is 7.73. The summed E-state index contributed by atoms with van der Waals surface area (Å²) in [5, 5.41) is 8.92. The van der Waals surface area contributed by atoms with E-state index in [1.807, 2.05) is 0 Å². The lowest BCUT2D eigenvalue weighted by Gasteiger charge is -1.93. The number of nitrogens with zero attached hydrogens (tertiary/aromatic N) is 1. The van der Waals surface area contributed by atoms with E-state index in [0.29, 0.717) is 16.9 Å². The second-order valence-electron chi connectivity index (χ2n) is 4.06. The third kappa shape index (κ3) is 1.99. The van der Waals surface area contributed by atoms with E-state index in [-0.39, 0.29) is 11.1 Å². The molecule has 0 amide bonds. The quantitative estimate of drug-likeness (QED) is 0.647. The van der Waals surface area contributed by atoms with Crippen LogP contribution in [0.5, 0.6) is 0 Å². The molecule has 0 saturated heterocycles. The lowest BCUT2D eigenvalue weighted by Crippen LogP contribution is -2.01. The van der Waals surface area contributed by atoms with Crippen molar-refractivity contribution in [2.24, 2.45) is 0 Å². The first-order chi connectivity index (χ1) is 9.13. The Morgan fingerprint density at radius 1 is 1.21 bits per heavy atom. The third-order valence-corrected chi connectivity index (χ3v) is 2.79. The third-order valence-electron chi connectivity index (χ3n) is 2.79. The van der Waals surface area contributed by atoms with E-state index in [4.69, 9.17) is 5.11 Å². The molecule has 3 rings (SSSR count). The van der Waals surface area contributed by atoms with Gasteiger partial charge in [0.2, 0.25) is 5.56 Å². The van der Waals surface area contributed by atoms with Crippen LogP contribution in [0.25, 0.3) is 22.4 Å². The Bertz CT molecular complexity index is 812. The van der Waals surface area contributed by atoms with Gasteiger partial charge in [-0.2, -0.15) is 0 Å². The van der Waals surface area contributed by atoms with E-state index in [1.165, 1.54) is 18.2 Å². The summed E-state index contributed by atoms with van der Waals surface area (Å²) in [5.41, 5.74) is 2.05. The molecule has 0 aliphatic carbocycles. The predicted molar refractivity (Wildman–Crippen MR) is 69.1 cm³/mol. The SMILES string of the molecule is O=C(O)c1ccc2nc(-c3ccc(=O)[nH]c3)[nH]c2c1. The van der Waals surface area contributed by atoms with Crippen molar-refractivity contribution in [2.75, 3.05) is 0 Å². The van der Waals surface area contributed by atoms with Gasteiger partial charge in [0.25, 0.3) is 0 Å². The van der Waals surface area contributed by atoms with Crippen molar-refractivity contribution in [3.63, 3.8) is 0 Å². The van der Waals surface area contributed by atoms with Crippen LogP contribution in [0.4, 0.5) is 0 Å². The number of pyridine rings is 1. The van der Waals surface area contributed by atoms with E-state index < -0.39 is 5.97 Å². The maximum absolute atomic E-state index is 11.0. The van der Waals surface area contributed by atoms with E-state index >= 15 is 0 Å². The highest BCUT2D eigenvalue weighted by atomic mass is 16.4. The van der Waals surface area contributed by atoms with E-state index in [0.717, 1.165) is 5.56 Å². The highest BCUT2D eigenvalue weighted by Crippen LogP contribution is 2.20. The normalized spacial score (nSPS) is 10.7. The first kappa shape index (κ1) is 11.2. The molecule has 0 unspecified atom stereocenters. The molecule has 0 aliphatic rings. The Morgan fingerprint density at radius 2 is 2.05 bits per heavy atom. The van der Waals surface area contributed by atoms with Crippen LogP contribution in [0.1, 0.15) is 10.4 Å². The zero-order valence-electron chi connectivity index (χ0n) is 9.68. The van der Waals surface area contributed by atoms with Crippen LogP contribution in [-0.4, -0.2) is 26.0 Å². The molecule has 2 heterocycles. The van der Waals surface area contributed by atoms with Crippen LogP contribution < -0.4 is 5.56 Å². The summed E-state index contributed by atoms with van der Waals surface area (Å²) in [4.78, 5) is 31.8. The van der Waals surface area contributed by atoms with Crippen LogP contribution in [0.15, 0.2) is 41.3 Å². The number of H-pyrrole nitrogens is 2. The second kappa shape index (κ2) is 4.09. The molecule has 3 N–H and O–H groups in total. The van der Waals surface area contributed by atoms with Crippen LogP contribution >= 0.6 is 0 Å². The molecule has 0 fully saturated rings. The first-order valence-electron chi connectivity index (χ1n) is 5.56. The number of rotatable bonds is 2. The zero-order chi connectivity index (χ0) is 13.4. The molecule has 0 bridgehead atoms. The average molecular weight is 255 g/mol. The van der Waals surface area contributed by atoms with Crippen molar-refractivity contribution in [2.45, 2.75) is 0 Å². The Hall–Kier alpha value is -2.89. The fourth-order valence-electron chi connectivity index (χ4n) is 1.84. The number of hydrogen-bond donors (Lipinski definition) is 3. The van der Waals surface area contributed by atoms with Crippen LogP contribution in [0, 0.1) is 0 Å². The van der Waals surface area contributed by atoms with Gasteiger partial charge in [0.05, 0.1) is 16.6 Å². The largest absolute Gasteiger partial charge is 0.478 e. The van der Waals surface area contributed by atoms with Gasteiger partial charge in [-0.1, -0.05) is 0 Å². The van der Waals surface area contributed by atoms with Crippen molar-refractivity contribution >= 4 is 17.0 Å². The molecule has 0 spiro atoms. The Labute approximate surface area is 106 Å². The van der Waals surface area contributed by atoms with E-state index in [2.05, 4.69) is 15.0 Å². The van der Waals surface area contributed by atoms with Crippen LogP contribution in [-0.2, 0) is 0 Å². The minimum absolute atomic E-state index is 0.187. The van der Waals surface area contributed by atoms with Gasteiger partial charge < -0.3 is 15.1 Å². The van der Waals surface area contributed by atoms with Crippen molar-refractivity contribution in [1.29, 1.82) is 0 Å². The number of fused-ring (bicyclic) bond motifs is 1. The fourth-order valence-corrected chi connectivity index (χ4v) is 1.84. The zero-order valence-corrected chi connectivity index (χ0v) is 9.68. The molecule has 2 aromatic heterocycles. The van der Waals surface area contributed by atoms with Gasteiger partial charge in [-0.25, -0.2) is 9.78 Å². The molecule has 19 heavy (non-hydrogen) atoms. The van der Waals surface area contributed by atoms with Crippen molar-refractivity contribution in [3.8, 4) is 11.4 Å². The number of carbonyl (C=O) groups is 1. The summed E-state index contributed by atoms with van der Waals surface area (Å²) in [6.45, 7) is 0. The van der Waals surface area contributed by atoms with Gasteiger partial charge in [0.1, 0.15) is 5.82 Å².